The first-order valence-electron chi connectivity index (χ1n) is 6.17. The monoisotopic (exact) mass is 334 g/mol. The van der Waals surface area contributed by atoms with Crippen LogP contribution in [-0.4, -0.2) is 11.9 Å². The fourth-order valence-corrected chi connectivity index (χ4v) is 2.68. The topological polar surface area (TPSA) is 46.3 Å². The molecule has 2 aromatic rings. The van der Waals surface area contributed by atoms with Crippen LogP contribution in [0.15, 0.2) is 53.0 Å². The normalized spacial score (nSPS) is 21.8. The maximum absolute atomic E-state index is 13.0. The van der Waals surface area contributed by atoms with Crippen LogP contribution in [0.25, 0.3) is 0 Å². The van der Waals surface area contributed by atoms with Crippen molar-refractivity contribution >= 4 is 27.5 Å². The molecule has 1 heterocycles. The first-order chi connectivity index (χ1) is 9.58. The lowest BCUT2D eigenvalue weighted by atomic mass is 9.88. The largest absolute Gasteiger partial charge is 0.318 e. The van der Waals surface area contributed by atoms with Gasteiger partial charge in [0.15, 0.2) is 0 Å². The second kappa shape index (κ2) is 5.00. The number of nitrogens with zero attached hydrogens (tertiary/aromatic N) is 1. The van der Waals surface area contributed by atoms with Gasteiger partial charge in [0.05, 0.1) is 6.04 Å². The van der Waals surface area contributed by atoms with Crippen LogP contribution < -0.4 is 10.6 Å². The molecule has 0 spiro atoms. The van der Waals surface area contributed by atoms with Gasteiger partial charge in [-0.05, 0) is 42.0 Å². The molecule has 20 heavy (non-hydrogen) atoms. The number of hydrogen-bond acceptors (Lipinski definition) is 2. The van der Waals surface area contributed by atoms with E-state index in [0.717, 1.165) is 10.0 Å². The number of β-lactam (4-membered cyclic amide) rings is 1. The van der Waals surface area contributed by atoms with Crippen LogP contribution in [0.3, 0.4) is 0 Å². The Hall–Kier alpha value is -1.72. The van der Waals surface area contributed by atoms with Crippen LogP contribution in [0.4, 0.5) is 10.1 Å². The molecule has 2 atom stereocenters. The van der Waals surface area contributed by atoms with E-state index < -0.39 is 6.04 Å². The van der Waals surface area contributed by atoms with Gasteiger partial charge in [0, 0.05) is 10.2 Å². The summed E-state index contributed by atoms with van der Waals surface area (Å²) in [4.78, 5) is 13.6. The molecule has 3 nitrogen and oxygen atoms in total. The second-order valence-electron chi connectivity index (χ2n) is 4.71. The number of carbonyl (C=O) groups is 1. The molecule has 0 radical (unpaired) electrons. The Kier molecular flexibility index (Phi) is 3.31. The number of halogens is 2. The molecule has 1 aliphatic rings. The van der Waals surface area contributed by atoms with Gasteiger partial charge in [-0.15, -0.1) is 0 Å². The Labute approximate surface area is 124 Å². The van der Waals surface area contributed by atoms with E-state index in [1.807, 2.05) is 24.3 Å². The highest BCUT2D eigenvalue weighted by Gasteiger charge is 2.46. The summed E-state index contributed by atoms with van der Waals surface area (Å²) in [5.74, 6) is -0.476. The maximum Gasteiger partial charge on any atom is 0.247 e. The minimum atomic E-state index is -0.554. The molecule has 1 aliphatic heterocycles. The van der Waals surface area contributed by atoms with Gasteiger partial charge in [0.25, 0.3) is 0 Å². The van der Waals surface area contributed by atoms with E-state index in [9.17, 15) is 9.18 Å². The van der Waals surface area contributed by atoms with Gasteiger partial charge in [-0.3, -0.25) is 4.79 Å². The first kappa shape index (κ1) is 13.3. The molecule has 0 aromatic heterocycles. The van der Waals surface area contributed by atoms with E-state index in [-0.39, 0.29) is 17.8 Å². The molecule has 1 amide bonds. The van der Waals surface area contributed by atoms with Gasteiger partial charge in [-0.2, -0.15) is 0 Å². The highest BCUT2D eigenvalue weighted by molar-refractivity contribution is 9.10. The summed E-state index contributed by atoms with van der Waals surface area (Å²) in [7, 11) is 0. The van der Waals surface area contributed by atoms with Crippen LogP contribution in [0.5, 0.6) is 0 Å². The lowest BCUT2D eigenvalue weighted by Gasteiger charge is -2.45. The minimum Gasteiger partial charge on any atom is -0.318 e. The van der Waals surface area contributed by atoms with E-state index in [1.165, 1.54) is 12.1 Å². The van der Waals surface area contributed by atoms with Crippen molar-refractivity contribution in [3.63, 3.8) is 0 Å². The van der Waals surface area contributed by atoms with Gasteiger partial charge in [-0.25, -0.2) is 4.39 Å². The fraction of sp³-hybridized carbons (Fsp3) is 0.133. The van der Waals surface area contributed by atoms with Crippen molar-refractivity contribution in [3.8, 4) is 0 Å². The molecular weight excluding hydrogens is 323 g/mol. The van der Waals surface area contributed by atoms with Crippen molar-refractivity contribution in [1.82, 2.24) is 0 Å². The molecule has 5 heteroatoms. The van der Waals surface area contributed by atoms with Crippen molar-refractivity contribution < 1.29 is 9.18 Å². The van der Waals surface area contributed by atoms with Crippen molar-refractivity contribution in [2.24, 2.45) is 5.73 Å². The summed E-state index contributed by atoms with van der Waals surface area (Å²) >= 11 is 3.38. The zero-order valence-electron chi connectivity index (χ0n) is 10.5. The second-order valence-corrected chi connectivity index (χ2v) is 5.62. The summed E-state index contributed by atoms with van der Waals surface area (Å²) in [5.41, 5.74) is 7.54. The summed E-state index contributed by atoms with van der Waals surface area (Å²) < 4.78 is 13.9. The number of anilines is 1. The maximum atomic E-state index is 13.0. The quantitative estimate of drug-likeness (QED) is 0.858. The Balaban J connectivity index is 1.95. The van der Waals surface area contributed by atoms with Crippen LogP contribution in [0.1, 0.15) is 11.6 Å². The average Bonchev–Trinajstić information content (AvgIpc) is 2.46. The Morgan fingerprint density at radius 1 is 1.05 bits per heavy atom. The third-order valence-electron chi connectivity index (χ3n) is 3.46. The van der Waals surface area contributed by atoms with Crippen molar-refractivity contribution in [2.75, 3.05) is 4.90 Å². The van der Waals surface area contributed by atoms with Crippen molar-refractivity contribution in [2.45, 2.75) is 12.1 Å². The minimum absolute atomic E-state index is 0.149. The van der Waals surface area contributed by atoms with E-state index >= 15 is 0 Å². The number of hydrogen-bond donors (Lipinski definition) is 1. The first-order valence-corrected chi connectivity index (χ1v) is 6.97. The Bertz CT molecular complexity index is 642. The lowest BCUT2D eigenvalue weighted by Crippen LogP contribution is -2.63. The third-order valence-corrected chi connectivity index (χ3v) is 3.99. The smallest absolute Gasteiger partial charge is 0.247 e. The van der Waals surface area contributed by atoms with Crippen molar-refractivity contribution in [3.05, 3.63) is 64.4 Å². The molecule has 3 rings (SSSR count). The highest BCUT2D eigenvalue weighted by atomic mass is 79.9. The van der Waals surface area contributed by atoms with Crippen LogP contribution in [0.2, 0.25) is 0 Å². The van der Waals surface area contributed by atoms with Gasteiger partial charge >= 0.3 is 0 Å². The molecule has 2 aromatic carbocycles. The summed E-state index contributed by atoms with van der Waals surface area (Å²) in [5, 5.41) is 0. The van der Waals surface area contributed by atoms with Gasteiger partial charge in [0.1, 0.15) is 11.9 Å². The zero-order chi connectivity index (χ0) is 14.3. The molecule has 1 saturated heterocycles. The number of amides is 1. The van der Waals surface area contributed by atoms with E-state index in [1.54, 1.807) is 17.0 Å². The van der Waals surface area contributed by atoms with Gasteiger partial charge < -0.3 is 10.6 Å². The van der Waals surface area contributed by atoms with Crippen LogP contribution in [-0.2, 0) is 4.79 Å². The van der Waals surface area contributed by atoms with E-state index in [0.29, 0.717) is 5.69 Å². The predicted molar refractivity (Wildman–Crippen MR) is 78.7 cm³/mol. The summed E-state index contributed by atoms with van der Waals surface area (Å²) in [6.45, 7) is 0. The SMILES string of the molecule is N[C@H]1C(=O)N(c2ccc(F)cc2)[C@@H]1c1ccc(Br)cc1. The summed E-state index contributed by atoms with van der Waals surface area (Å²) in [6, 6.07) is 12.8. The molecule has 2 N–H and O–H groups in total. The number of benzene rings is 2. The number of rotatable bonds is 2. The van der Waals surface area contributed by atoms with Crippen LogP contribution in [0, 0.1) is 5.82 Å². The third kappa shape index (κ3) is 2.13. The van der Waals surface area contributed by atoms with Gasteiger partial charge in [-0.1, -0.05) is 28.1 Å². The molecule has 102 valence electrons. The zero-order valence-corrected chi connectivity index (χ0v) is 12.0. The lowest BCUT2D eigenvalue weighted by molar-refractivity contribution is -0.126. The Morgan fingerprint density at radius 2 is 1.65 bits per heavy atom. The molecular formula is C15H12BrFN2O. The molecule has 0 unspecified atom stereocenters. The number of carbonyl (C=O) groups excluding carboxylic acids is 1. The molecule has 0 bridgehead atoms. The van der Waals surface area contributed by atoms with E-state index in [2.05, 4.69) is 15.9 Å². The summed E-state index contributed by atoms with van der Waals surface area (Å²) in [6.07, 6.45) is 0. The molecule has 1 fully saturated rings. The predicted octanol–water partition coefficient (Wildman–Crippen LogP) is 3.00. The standard InChI is InChI=1S/C15H12BrFN2O/c16-10-3-1-9(2-4-10)14-13(18)15(20)19(14)12-7-5-11(17)6-8-12/h1-8,13-14H,18H2/t13-,14-/m1/s1. The van der Waals surface area contributed by atoms with Crippen molar-refractivity contribution in [1.29, 1.82) is 0 Å². The van der Waals surface area contributed by atoms with Gasteiger partial charge in [0.2, 0.25) is 5.91 Å². The average molecular weight is 335 g/mol. The molecule has 0 saturated carbocycles. The van der Waals surface area contributed by atoms with Crippen LogP contribution >= 0.6 is 15.9 Å². The highest BCUT2D eigenvalue weighted by Crippen LogP contribution is 2.38. The Morgan fingerprint density at radius 3 is 2.25 bits per heavy atom. The fourth-order valence-electron chi connectivity index (χ4n) is 2.42. The van der Waals surface area contributed by atoms with E-state index in [4.69, 9.17) is 5.73 Å². The molecule has 0 aliphatic carbocycles. The number of nitrogens with two attached hydrogens (primary N) is 1.